The third-order valence-corrected chi connectivity index (χ3v) is 5.98. The van der Waals surface area contributed by atoms with Crippen molar-refractivity contribution in [2.45, 2.75) is 25.9 Å². The van der Waals surface area contributed by atoms with E-state index in [1.807, 2.05) is 6.92 Å². The van der Waals surface area contributed by atoms with E-state index in [0.29, 0.717) is 22.9 Å². The number of fused-ring (bicyclic) bond motifs is 1. The van der Waals surface area contributed by atoms with Gasteiger partial charge in [0, 0.05) is 10.7 Å². The molecule has 0 saturated carbocycles. The Kier molecular flexibility index (Phi) is 7.07. The van der Waals surface area contributed by atoms with Crippen molar-refractivity contribution in [3.63, 3.8) is 0 Å². The maximum atomic E-state index is 12.7. The number of benzene rings is 2. The number of anilines is 2. The number of carbonyl (C=O) groups is 2. The Balaban J connectivity index is 1.70. The lowest BCUT2D eigenvalue weighted by Gasteiger charge is -2.34. The van der Waals surface area contributed by atoms with Crippen LogP contribution in [-0.2, 0) is 19.6 Å². The molecule has 1 aliphatic heterocycles. The zero-order chi connectivity index (χ0) is 22.6. The smallest absolute Gasteiger partial charge is 0.338 e. The minimum atomic E-state index is -3.66. The van der Waals surface area contributed by atoms with E-state index in [0.717, 1.165) is 23.4 Å². The molecule has 3 rings (SSSR count). The molecule has 0 bridgehead atoms. The third-order valence-electron chi connectivity index (χ3n) is 4.60. The van der Waals surface area contributed by atoms with Gasteiger partial charge in [0.05, 0.1) is 30.7 Å². The lowest BCUT2D eigenvalue weighted by Crippen LogP contribution is -2.48. The van der Waals surface area contributed by atoms with Gasteiger partial charge in [-0.15, -0.1) is 0 Å². The molecule has 2 aromatic carbocycles. The second-order valence-corrected chi connectivity index (χ2v) is 9.41. The van der Waals surface area contributed by atoms with Gasteiger partial charge in [-0.1, -0.05) is 24.9 Å². The molecule has 166 valence electrons. The minimum absolute atomic E-state index is 0.195. The number of unbranched alkanes of at least 4 members (excludes halogenated alkanes) is 1. The molecule has 1 amide bonds. The Bertz CT molecular complexity index is 1070. The van der Waals surface area contributed by atoms with Crippen molar-refractivity contribution in [1.82, 2.24) is 0 Å². The van der Waals surface area contributed by atoms with E-state index in [1.54, 1.807) is 30.3 Å². The first-order valence-electron chi connectivity index (χ1n) is 9.71. The molecule has 0 saturated heterocycles. The van der Waals surface area contributed by atoms with Gasteiger partial charge in [-0.3, -0.25) is 9.10 Å². The first-order valence-corrected chi connectivity index (χ1v) is 11.9. The summed E-state index contributed by atoms with van der Waals surface area (Å²) in [6.45, 7) is 2.17. The van der Waals surface area contributed by atoms with Crippen molar-refractivity contribution < 1.29 is 27.5 Å². The van der Waals surface area contributed by atoms with Crippen LogP contribution < -0.4 is 14.4 Å². The summed E-state index contributed by atoms with van der Waals surface area (Å²) in [4.78, 5) is 24.7. The quantitative estimate of drug-likeness (QED) is 0.495. The summed E-state index contributed by atoms with van der Waals surface area (Å²) >= 11 is 5.98. The number of ether oxygens (including phenoxy) is 2. The number of sulfonamides is 1. The van der Waals surface area contributed by atoms with Crippen molar-refractivity contribution >= 4 is 44.9 Å². The van der Waals surface area contributed by atoms with Gasteiger partial charge in [-0.2, -0.15) is 0 Å². The largest absolute Gasteiger partial charge is 0.476 e. The summed E-state index contributed by atoms with van der Waals surface area (Å²) in [5.41, 5.74) is 1.09. The Morgan fingerprint density at radius 1 is 1.23 bits per heavy atom. The fourth-order valence-electron chi connectivity index (χ4n) is 2.98. The predicted molar refractivity (Wildman–Crippen MR) is 118 cm³/mol. The molecule has 0 spiro atoms. The van der Waals surface area contributed by atoms with Crippen molar-refractivity contribution in [2.75, 3.05) is 29.0 Å². The highest BCUT2D eigenvalue weighted by Gasteiger charge is 2.35. The number of esters is 1. The van der Waals surface area contributed by atoms with Crippen LogP contribution in [0.25, 0.3) is 0 Å². The zero-order valence-electron chi connectivity index (χ0n) is 17.1. The van der Waals surface area contributed by atoms with Crippen LogP contribution in [-0.4, -0.2) is 45.8 Å². The van der Waals surface area contributed by atoms with E-state index in [2.05, 4.69) is 5.32 Å². The third kappa shape index (κ3) is 5.68. The summed E-state index contributed by atoms with van der Waals surface area (Å²) in [7, 11) is -3.66. The average Bonchev–Trinajstić information content (AvgIpc) is 2.72. The van der Waals surface area contributed by atoms with E-state index in [-0.39, 0.29) is 18.0 Å². The molecule has 10 heteroatoms. The SMILES string of the molecule is CCCCOC(=O)c1ccc(NC(=O)[C@@H]2CN(S(C)(=O)=O)c3cc(Cl)ccc3O2)cc1. The number of carbonyl (C=O) groups excluding carboxylic acids is 2. The van der Waals surface area contributed by atoms with Crippen LogP contribution in [0.3, 0.4) is 0 Å². The van der Waals surface area contributed by atoms with Crippen LogP contribution >= 0.6 is 11.6 Å². The Labute approximate surface area is 186 Å². The standard InChI is InChI=1S/C21H23ClN2O6S/c1-3-4-11-29-21(26)14-5-8-16(9-6-14)23-20(25)19-13-24(31(2,27)28)17-12-15(22)7-10-18(17)30-19/h5-10,12,19H,3-4,11,13H2,1-2H3,(H,23,25)/t19-/m0/s1. The molecule has 1 atom stereocenters. The van der Waals surface area contributed by atoms with E-state index in [9.17, 15) is 18.0 Å². The van der Waals surface area contributed by atoms with Gasteiger partial charge in [-0.25, -0.2) is 13.2 Å². The van der Waals surface area contributed by atoms with Gasteiger partial charge >= 0.3 is 5.97 Å². The minimum Gasteiger partial charge on any atom is -0.476 e. The van der Waals surface area contributed by atoms with Gasteiger partial charge in [0.15, 0.2) is 6.10 Å². The molecule has 31 heavy (non-hydrogen) atoms. The van der Waals surface area contributed by atoms with Crippen molar-refractivity contribution in [3.05, 3.63) is 53.1 Å². The van der Waals surface area contributed by atoms with E-state index < -0.39 is 28.0 Å². The van der Waals surface area contributed by atoms with Crippen molar-refractivity contribution in [3.8, 4) is 5.75 Å². The topological polar surface area (TPSA) is 102 Å². The first kappa shape index (κ1) is 22.9. The number of hydrogen-bond donors (Lipinski definition) is 1. The fraction of sp³-hybridized carbons (Fsp3) is 0.333. The number of hydrogen-bond acceptors (Lipinski definition) is 6. The summed E-state index contributed by atoms with van der Waals surface area (Å²) in [6, 6.07) is 10.8. The summed E-state index contributed by atoms with van der Waals surface area (Å²) in [5, 5.41) is 3.03. The highest BCUT2D eigenvalue weighted by molar-refractivity contribution is 7.92. The van der Waals surface area contributed by atoms with Gasteiger partial charge in [0.1, 0.15) is 5.75 Å². The second-order valence-electron chi connectivity index (χ2n) is 7.07. The lowest BCUT2D eigenvalue weighted by molar-refractivity contribution is -0.122. The van der Waals surface area contributed by atoms with E-state index in [1.165, 1.54) is 12.1 Å². The maximum Gasteiger partial charge on any atom is 0.338 e. The average molecular weight is 467 g/mol. The van der Waals surface area contributed by atoms with Crippen LogP contribution in [0.4, 0.5) is 11.4 Å². The first-order chi connectivity index (χ1) is 14.7. The number of halogens is 1. The van der Waals surface area contributed by atoms with Gasteiger partial charge < -0.3 is 14.8 Å². The van der Waals surface area contributed by atoms with E-state index in [4.69, 9.17) is 21.1 Å². The normalized spacial score (nSPS) is 15.6. The van der Waals surface area contributed by atoms with Gasteiger partial charge in [0.2, 0.25) is 10.0 Å². The van der Waals surface area contributed by atoms with Crippen LogP contribution in [0, 0.1) is 0 Å². The zero-order valence-corrected chi connectivity index (χ0v) is 18.7. The summed E-state index contributed by atoms with van der Waals surface area (Å²) < 4.78 is 36.4. The summed E-state index contributed by atoms with van der Waals surface area (Å²) in [6.07, 6.45) is 1.70. The van der Waals surface area contributed by atoms with Crippen LogP contribution in [0.2, 0.25) is 5.02 Å². The molecule has 1 heterocycles. The molecule has 1 aliphatic rings. The predicted octanol–water partition coefficient (Wildman–Crippen LogP) is 3.46. The molecule has 0 aromatic heterocycles. The van der Waals surface area contributed by atoms with Crippen LogP contribution in [0.1, 0.15) is 30.1 Å². The monoisotopic (exact) mass is 466 g/mol. The Morgan fingerprint density at radius 2 is 1.94 bits per heavy atom. The van der Waals surface area contributed by atoms with Gasteiger partial charge in [-0.05, 0) is 48.9 Å². The van der Waals surface area contributed by atoms with Crippen LogP contribution in [0.5, 0.6) is 5.75 Å². The number of nitrogens with one attached hydrogen (secondary N) is 1. The van der Waals surface area contributed by atoms with Crippen molar-refractivity contribution in [1.29, 1.82) is 0 Å². The Morgan fingerprint density at radius 3 is 2.58 bits per heavy atom. The number of nitrogens with zero attached hydrogens (tertiary/aromatic N) is 1. The maximum absolute atomic E-state index is 12.7. The lowest BCUT2D eigenvalue weighted by atomic mass is 10.2. The molecule has 0 radical (unpaired) electrons. The molecule has 0 unspecified atom stereocenters. The highest BCUT2D eigenvalue weighted by Crippen LogP contribution is 2.37. The molecule has 2 aromatic rings. The molecule has 8 nitrogen and oxygen atoms in total. The number of rotatable bonds is 7. The molecule has 0 aliphatic carbocycles. The highest BCUT2D eigenvalue weighted by atomic mass is 35.5. The van der Waals surface area contributed by atoms with Gasteiger partial charge in [0.25, 0.3) is 5.91 Å². The molecular weight excluding hydrogens is 444 g/mol. The molecule has 1 N–H and O–H groups in total. The van der Waals surface area contributed by atoms with E-state index >= 15 is 0 Å². The number of amides is 1. The van der Waals surface area contributed by atoms with Crippen molar-refractivity contribution in [2.24, 2.45) is 0 Å². The van der Waals surface area contributed by atoms with Crippen LogP contribution in [0.15, 0.2) is 42.5 Å². The second kappa shape index (κ2) is 9.57. The molecular formula is C21H23ClN2O6S. The fourth-order valence-corrected chi connectivity index (χ4v) is 4.05. The summed E-state index contributed by atoms with van der Waals surface area (Å²) in [5.74, 6) is -0.708. The molecule has 0 fully saturated rings. The Hall–Kier alpha value is -2.78.